The molecule has 2 heterocycles. The van der Waals surface area contributed by atoms with E-state index in [1.165, 1.54) is 36.8 Å². The summed E-state index contributed by atoms with van der Waals surface area (Å²) in [6.45, 7) is 6.25. The van der Waals surface area contributed by atoms with Gasteiger partial charge in [-0.3, -0.25) is 0 Å². The molecular weight excluding hydrogens is 388 g/mol. The van der Waals surface area contributed by atoms with Gasteiger partial charge in [-0.15, -0.1) is 0 Å². The Kier molecular flexibility index (Phi) is 5.16. The zero-order valence-electron chi connectivity index (χ0n) is 15.6. The molecule has 5 heteroatoms. The molecule has 4 nitrogen and oxygen atoms in total. The Morgan fingerprint density at radius 2 is 1.92 bits per heavy atom. The molecular formula is C21H27BrN4. The van der Waals surface area contributed by atoms with Crippen molar-refractivity contribution < 1.29 is 0 Å². The lowest BCUT2D eigenvalue weighted by molar-refractivity contribution is 0.697. The molecule has 0 atom stereocenters. The van der Waals surface area contributed by atoms with E-state index in [1.807, 2.05) is 0 Å². The molecule has 0 radical (unpaired) electrons. The summed E-state index contributed by atoms with van der Waals surface area (Å²) < 4.78 is 1.15. The number of nitrogens with one attached hydrogen (secondary N) is 1. The highest BCUT2D eigenvalue weighted by molar-refractivity contribution is 9.10. The fourth-order valence-corrected chi connectivity index (χ4v) is 4.36. The third kappa shape index (κ3) is 3.88. The second-order valence-corrected chi connectivity index (χ2v) is 8.75. The normalized spacial score (nSPS) is 17.6. The highest BCUT2D eigenvalue weighted by Crippen LogP contribution is 2.29. The number of hydrogen-bond donors (Lipinski definition) is 1. The Bertz CT molecular complexity index is 784. The van der Waals surface area contributed by atoms with Crippen LogP contribution >= 0.6 is 15.9 Å². The Morgan fingerprint density at radius 1 is 1.12 bits per heavy atom. The van der Waals surface area contributed by atoms with Gasteiger partial charge in [0, 0.05) is 35.6 Å². The van der Waals surface area contributed by atoms with E-state index >= 15 is 0 Å². The monoisotopic (exact) mass is 414 g/mol. The van der Waals surface area contributed by atoms with Crippen LogP contribution in [0.15, 0.2) is 28.7 Å². The number of halogens is 1. The first-order chi connectivity index (χ1) is 12.6. The molecule has 0 saturated heterocycles. The minimum atomic E-state index is 0.324. The third-order valence-corrected chi connectivity index (χ3v) is 5.95. The van der Waals surface area contributed by atoms with Gasteiger partial charge >= 0.3 is 0 Å². The summed E-state index contributed by atoms with van der Waals surface area (Å²) in [4.78, 5) is 12.1. The largest absolute Gasteiger partial charge is 0.367 e. The summed E-state index contributed by atoms with van der Waals surface area (Å²) >= 11 is 3.60. The maximum absolute atomic E-state index is 4.89. The van der Waals surface area contributed by atoms with E-state index in [0.29, 0.717) is 12.0 Å². The van der Waals surface area contributed by atoms with Crippen LogP contribution in [0.3, 0.4) is 0 Å². The second kappa shape index (κ2) is 7.55. The van der Waals surface area contributed by atoms with Gasteiger partial charge in [-0.05, 0) is 42.5 Å². The van der Waals surface area contributed by atoms with Crippen molar-refractivity contribution in [2.45, 2.75) is 64.5 Å². The van der Waals surface area contributed by atoms with Crippen LogP contribution in [-0.4, -0.2) is 22.6 Å². The van der Waals surface area contributed by atoms with Crippen molar-refractivity contribution >= 4 is 27.6 Å². The highest BCUT2D eigenvalue weighted by atomic mass is 79.9. The van der Waals surface area contributed by atoms with Crippen LogP contribution in [0.2, 0.25) is 0 Å². The molecule has 138 valence electrons. The number of rotatable bonds is 4. The zero-order valence-corrected chi connectivity index (χ0v) is 17.2. The van der Waals surface area contributed by atoms with Crippen LogP contribution in [0.4, 0.5) is 11.6 Å². The maximum atomic E-state index is 4.89. The molecule has 1 aliphatic carbocycles. The molecule has 1 saturated carbocycles. The van der Waals surface area contributed by atoms with Crippen LogP contribution < -0.4 is 10.2 Å². The van der Waals surface area contributed by atoms with E-state index in [9.17, 15) is 0 Å². The first kappa shape index (κ1) is 17.8. The molecule has 1 N–H and O–H groups in total. The Balaban J connectivity index is 1.61. The fraction of sp³-hybridized carbons (Fsp3) is 0.524. The summed E-state index contributed by atoms with van der Waals surface area (Å²) in [5.41, 5.74) is 2.84. The number of anilines is 2. The van der Waals surface area contributed by atoms with Gasteiger partial charge in [0.05, 0.1) is 0 Å². The topological polar surface area (TPSA) is 41.1 Å². The van der Waals surface area contributed by atoms with Crippen molar-refractivity contribution in [1.29, 1.82) is 0 Å². The molecule has 1 aliphatic heterocycles. The summed E-state index contributed by atoms with van der Waals surface area (Å²) in [5.74, 6) is 3.30. The minimum absolute atomic E-state index is 0.324. The summed E-state index contributed by atoms with van der Waals surface area (Å²) in [6.07, 6.45) is 6.22. The lowest BCUT2D eigenvalue weighted by Crippen LogP contribution is -2.31. The predicted octanol–water partition coefficient (Wildman–Crippen LogP) is 5.28. The van der Waals surface area contributed by atoms with E-state index in [1.54, 1.807) is 0 Å². The lowest BCUT2D eigenvalue weighted by Gasteiger charge is -2.30. The highest BCUT2D eigenvalue weighted by Gasteiger charge is 2.21. The van der Waals surface area contributed by atoms with Crippen molar-refractivity contribution in [3.05, 3.63) is 45.7 Å². The molecule has 2 aromatic rings. The van der Waals surface area contributed by atoms with E-state index in [0.717, 1.165) is 41.4 Å². The van der Waals surface area contributed by atoms with Gasteiger partial charge < -0.3 is 10.2 Å². The van der Waals surface area contributed by atoms with Crippen molar-refractivity contribution in [2.24, 2.45) is 0 Å². The van der Waals surface area contributed by atoms with Crippen LogP contribution in [0.25, 0.3) is 0 Å². The van der Waals surface area contributed by atoms with E-state index < -0.39 is 0 Å². The molecule has 1 fully saturated rings. The number of hydrogen-bond acceptors (Lipinski definition) is 4. The smallest absolute Gasteiger partial charge is 0.135 e. The SMILES string of the molecule is CC(C)c1nc(NC2CCCC2)cc(N2CCc3ccc(Br)cc3C2)n1. The van der Waals surface area contributed by atoms with Crippen LogP contribution in [-0.2, 0) is 13.0 Å². The zero-order chi connectivity index (χ0) is 18.1. The Morgan fingerprint density at radius 3 is 2.69 bits per heavy atom. The summed E-state index contributed by atoms with van der Waals surface area (Å²) in [5, 5.41) is 3.66. The van der Waals surface area contributed by atoms with Gasteiger partial charge in [-0.25, -0.2) is 9.97 Å². The standard InChI is InChI=1S/C21H27BrN4/c1-14(2)21-24-19(23-18-5-3-4-6-18)12-20(25-21)26-10-9-15-7-8-17(22)11-16(15)13-26/h7-8,11-12,14,18H,3-6,9-10,13H2,1-2H3,(H,23,24,25). The lowest BCUT2D eigenvalue weighted by atomic mass is 10.00. The average Bonchev–Trinajstić information content (AvgIpc) is 3.13. The van der Waals surface area contributed by atoms with Gasteiger partial charge in [-0.2, -0.15) is 0 Å². The van der Waals surface area contributed by atoms with Crippen LogP contribution in [0, 0.1) is 0 Å². The molecule has 26 heavy (non-hydrogen) atoms. The predicted molar refractivity (Wildman–Crippen MR) is 111 cm³/mol. The van der Waals surface area contributed by atoms with Crippen LogP contribution in [0.1, 0.15) is 62.4 Å². The van der Waals surface area contributed by atoms with Gasteiger partial charge in [0.1, 0.15) is 17.5 Å². The van der Waals surface area contributed by atoms with Gasteiger partial charge in [-0.1, -0.05) is 48.7 Å². The van der Waals surface area contributed by atoms with E-state index in [2.05, 4.69) is 64.3 Å². The Hall–Kier alpha value is -1.62. The van der Waals surface area contributed by atoms with Gasteiger partial charge in [0.2, 0.25) is 0 Å². The molecule has 0 bridgehead atoms. The summed E-state index contributed by atoms with van der Waals surface area (Å²) in [6, 6.07) is 9.33. The minimum Gasteiger partial charge on any atom is -0.367 e. The fourth-order valence-electron chi connectivity index (χ4n) is 3.95. The van der Waals surface area contributed by atoms with Crippen molar-refractivity contribution in [1.82, 2.24) is 9.97 Å². The maximum Gasteiger partial charge on any atom is 0.135 e. The average molecular weight is 415 g/mol. The number of aromatic nitrogens is 2. The van der Waals surface area contributed by atoms with E-state index in [-0.39, 0.29) is 0 Å². The second-order valence-electron chi connectivity index (χ2n) is 7.83. The van der Waals surface area contributed by atoms with E-state index in [4.69, 9.17) is 9.97 Å². The molecule has 1 aromatic carbocycles. The van der Waals surface area contributed by atoms with Gasteiger partial charge in [0.15, 0.2) is 0 Å². The summed E-state index contributed by atoms with van der Waals surface area (Å²) in [7, 11) is 0. The molecule has 0 spiro atoms. The Labute approximate surface area is 164 Å². The van der Waals surface area contributed by atoms with Crippen LogP contribution in [0.5, 0.6) is 0 Å². The molecule has 4 rings (SSSR count). The molecule has 2 aliphatic rings. The quantitative estimate of drug-likeness (QED) is 0.738. The number of nitrogens with zero attached hydrogens (tertiary/aromatic N) is 3. The molecule has 0 amide bonds. The number of benzene rings is 1. The molecule has 0 unspecified atom stereocenters. The molecule has 1 aromatic heterocycles. The van der Waals surface area contributed by atoms with Gasteiger partial charge in [0.25, 0.3) is 0 Å². The first-order valence-corrected chi connectivity index (χ1v) is 10.6. The third-order valence-electron chi connectivity index (χ3n) is 5.46. The van der Waals surface area contributed by atoms with Crippen molar-refractivity contribution in [2.75, 3.05) is 16.8 Å². The first-order valence-electron chi connectivity index (χ1n) is 9.76. The van der Waals surface area contributed by atoms with Crippen molar-refractivity contribution in [3.63, 3.8) is 0 Å². The number of fused-ring (bicyclic) bond motifs is 1. The van der Waals surface area contributed by atoms with Crippen molar-refractivity contribution in [3.8, 4) is 0 Å².